The Labute approximate surface area is 129 Å². The number of aryl methyl sites for hydroxylation is 1. The van der Waals surface area contributed by atoms with Crippen LogP contribution in [0.2, 0.25) is 0 Å². The maximum absolute atomic E-state index is 12.3. The molecule has 1 N–H and O–H groups in total. The van der Waals surface area contributed by atoms with E-state index in [1.54, 1.807) is 13.0 Å². The Bertz CT molecular complexity index is 521. The molecular formula is C16H22F2N2O2. The molecule has 0 amide bonds. The van der Waals surface area contributed by atoms with Crippen molar-refractivity contribution in [3.63, 3.8) is 0 Å². The molecule has 0 bridgehead atoms. The average molecular weight is 312 g/mol. The average Bonchev–Trinajstić information content (AvgIpc) is 2.85. The summed E-state index contributed by atoms with van der Waals surface area (Å²) in [4.78, 5) is 0. The van der Waals surface area contributed by atoms with E-state index in [0.717, 1.165) is 17.7 Å². The van der Waals surface area contributed by atoms with Crippen molar-refractivity contribution >= 4 is 0 Å². The van der Waals surface area contributed by atoms with Crippen LogP contribution in [0.25, 0.3) is 0 Å². The minimum Gasteiger partial charge on any atom is -0.487 e. The Balaban J connectivity index is 2.01. The first-order chi connectivity index (χ1) is 10.5. The molecule has 1 heterocycles. The summed E-state index contributed by atoms with van der Waals surface area (Å²) in [6.45, 7) is 4.90. The number of benzene rings is 1. The van der Waals surface area contributed by atoms with E-state index in [2.05, 4.69) is 5.01 Å². The first-order valence-electron chi connectivity index (χ1n) is 7.32. The largest absolute Gasteiger partial charge is 0.487 e. The number of ether oxygens (including phenoxy) is 1. The van der Waals surface area contributed by atoms with Gasteiger partial charge in [-0.2, -0.15) is 0 Å². The molecule has 0 saturated heterocycles. The van der Waals surface area contributed by atoms with Gasteiger partial charge in [0.25, 0.3) is 6.43 Å². The molecule has 0 radical (unpaired) electrons. The van der Waals surface area contributed by atoms with Crippen LogP contribution in [0.1, 0.15) is 18.1 Å². The number of aliphatic hydroxyl groups excluding tert-OH is 1. The number of alkyl halides is 2. The standard InChI is InChI=1S/C16H22F2N2O2/c1-12-4-5-14(8-15(12)22-11-16(17)18)10-20-7-3-6-19(20)9-13(2)21/h3-6,8,13,16,21H,7,9-11H2,1-2H3. The molecule has 6 heteroatoms. The number of hydrogen-bond donors (Lipinski definition) is 1. The van der Waals surface area contributed by atoms with Crippen LogP contribution in [0, 0.1) is 6.92 Å². The maximum atomic E-state index is 12.3. The van der Waals surface area contributed by atoms with Crippen LogP contribution >= 0.6 is 0 Å². The zero-order valence-electron chi connectivity index (χ0n) is 12.9. The second-order valence-corrected chi connectivity index (χ2v) is 5.50. The summed E-state index contributed by atoms with van der Waals surface area (Å²) in [6, 6.07) is 5.64. The van der Waals surface area contributed by atoms with Crippen LogP contribution in [0.4, 0.5) is 8.78 Å². The van der Waals surface area contributed by atoms with Crippen molar-refractivity contribution < 1.29 is 18.6 Å². The summed E-state index contributed by atoms with van der Waals surface area (Å²) >= 11 is 0. The number of halogens is 2. The Morgan fingerprint density at radius 2 is 2.14 bits per heavy atom. The number of nitrogens with zero attached hydrogens (tertiary/aromatic N) is 2. The zero-order chi connectivity index (χ0) is 16.1. The molecule has 1 atom stereocenters. The van der Waals surface area contributed by atoms with Gasteiger partial charge in [-0.1, -0.05) is 18.2 Å². The van der Waals surface area contributed by atoms with Gasteiger partial charge in [-0.3, -0.25) is 0 Å². The van der Waals surface area contributed by atoms with Crippen LogP contribution in [0.15, 0.2) is 30.5 Å². The van der Waals surface area contributed by atoms with Gasteiger partial charge >= 0.3 is 0 Å². The highest BCUT2D eigenvalue weighted by Crippen LogP contribution is 2.22. The van der Waals surface area contributed by atoms with Crippen molar-refractivity contribution in [2.45, 2.75) is 32.9 Å². The van der Waals surface area contributed by atoms with Gasteiger partial charge in [0.1, 0.15) is 12.4 Å². The molecule has 1 aromatic rings. The van der Waals surface area contributed by atoms with Crippen molar-refractivity contribution in [2.75, 3.05) is 19.7 Å². The molecule has 0 fully saturated rings. The third-order valence-electron chi connectivity index (χ3n) is 3.39. The molecule has 122 valence electrons. The molecule has 0 saturated carbocycles. The smallest absolute Gasteiger partial charge is 0.272 e. The predicted octanol–water partition coefficient (Wildman–Crippen LogP) is 2.57. The van der Waals surface area contributed by atoms with E-state index >= 15 is 0 Å². The van der Waals surface area contributed by atoms with Crippen molar-refractivity contribution in [1.29, 1.82) is 0 Å². The number of hydrazine groups is 1. The number of hydrogen-bond acceptors (Lipinski definition) is 4. The summed E-state index contributed by atoms with van der Waals surface area (Å²) in [5.74, 6) is 0.493. The maximum Gasteiger partial charge on any atom is 0.272 e. The summed E-state index contributed by atoms with van der Waals surface area (Å²) in [5.41, 5.74) is 1.82. The lowest BCUT2D eigenvalue weighted by Crippen LogP contribution is -2.38. The molecule has 1 unspecified atom stereocenters. The Hall–Kier alpha value is -1.66. The quantitative estimate of drug-likeness (QED) is 0.839. The van der Waals surface area contributed by atoms with E-state index in [0.29, 0.717) is 18.8 Å². The Morgan fingerprint density at radius 1 is 1.36 bits per heavy atom. The van der Waals surface area contributed by atoms with Crippen LogP contribution in [0.3, 0.4) is 0 Å². The SMILES string of the molecule is Cc1ccc(CN2CC=CN2CC(C)O)cc1OCC(F)F. The summed E-state index contributed by atoms with van der Waals surface area (Å²) in [5, 5.41) is 13.5. The number of rotatable bonds is 7. The van der Waals surface area contributed by atoms with Gasteiger partial charge in [-0.25, -0.2) is 13.8 Å². The van der Waals surface area contributed by atoms with Crippen LogP contribution in [0.5, 0.6) is 5.75 Å². The fourth-order valence-electron chi connectivity index (χ4n) is 2.35. The molecule has 0 aromatic heterocycles. The highest BCUT2D eigenvalue weighted by Gasteiger charge is 2.18. The third kappa shape index (κ3) is 4.68. The lowest BCUT2D eigenvalue weighted by atomic mass is 10.1. The second-order valence-electron chi connectivity index (χ2n) is 5.50. The second kappa shape index (κ2) is 7.56. The van der Waals surface area contributed by atoms with Crippen LogP contribution in [-0.2, 0) is 6.54 Å². The van der Waals surface area contributed by atoms with E-state index in [4.69, 9.17) is 4.74 Å². The van der Waals surface area contributed by atoms with Crippen LogP contribution in [-0.4, -0.2) is 47.4 Å². The van der Waals surface area contributed by atoms with Crippen molar-refractivity contribution in [3.05, 3.63) is 41.6 Å². The lowest BCUT2D eigenvalue weighted by Gasteiger charge is -2.30. The minimum absolute atomic E-state index is 0.423. The third-order valence-corrected chi connectivity index (χ3v) is 3.39. The first-order valence-corrected chi connectivity index (χ1v) is 7.32. The lowest BCUT2D eigenvalue weighted by molar-refractivity contribution is 0.00712. The van der Waals surface area contributed by atoms with E-state index in [1.165, 1.54) is 0 Å². The first kappa shape index (κ1) is 16.7. The fourth-order valence-corrected chi connectivity index (χ4v) is 2.35. The number of β-amino-alcohol motifs (C(OH)–C–C–N with tert-alkyl or cyclic N) is 1. The summed E-state index contributed by atoms with van der Waals surface area (Å²) in [7, 11) is 0. The molecule has 22 heavy (non-hydrogen) atoms. The fraction of sp³-hybridized carbons (Fsp3) is 0.500. The van der Waals surface area contributed by atoms with E-state index in [9.17, 15) is 13.9 Å². The van der Waals surface area contributed by atoms with E-state index < -0.39 is 19.1 Å². The van der Waals surface area contributed by atoms with Crippen LogP contribution < -0.4 is 4.74 Å². The Kier molecular flexibility index (Phi) is 5.74. The van der Waals surface area contributed by atoms with E-state index in [-0.39, 0.29) is 0 Å². The molecule has 4 nitrogen and oxygen atoms in total. The minimum atomic E-state index is -2.48. The summed E-state index contributed by atoms with van der Waals surface area (Å²) in [6.07, 6.45) is 1.06. The summed E-state index contributed by atoms with van der Waals surface area (Å²) < 4.78 is 29.7. The van der Waals surface area contributed by atoms with Gasteiger partial charge in [-0.15, -0.1) is 0 Å². The van der Waals surface area contributed by atoms with Gasteiger partial charge in [0.2, 0.25) is 0 Å². The molecule has 2 rings (SSSR count). The molecule has 0 spiro atoms. The highest BCUT2D eigenvalue weighted by molar-refractivity contribution is 5.36. The van der Waals surface area contributed by atoms with Gasteiger partial charge < -0.3 is 14.9 Å². The van der Waals surface area contributed by atoms with Crippen molar-refractivity contribution in [2.24, 2.45) is 0 Å². The highest BCUT2D eigenvalue weighted by atomic mass is 19.3. The Morgan fingerprint density at radius 3 is 2.82 bits per heavy atom. The zero-order valence-corrected chi connectivity index (χ0v) is 12.9. The molecular weight excluding hydrogens is 290 g/mol. The van der Waals surface area contributed by atoms with Gasteiger partial charge in [-0.05, 0) is 31.0 Å². The monoisotopic (exact) mass is 312 g/mol. The van der Waals surface area contributed by atoms with Gasteiger partial charge in [0, 0.05) is 19.3 Å². The van der Waals surface area contributed by atoms with Gasteiger partial charge in [0.05, 0.1) is 12.6 Å². The normalized spacial score (nSPS) is 16.5. The van der Waals surface area contributed by atoms with Crippen molar-refractivity contribution in [1.82, 2.24) is 10.0 Å². The molecule has 0 aliphatic carbocycles. The van der Waals surface area contributed by atoms with Crippen molar-refractivity contribution in [3.8, 4) is 5.75 Å². The van der Waals surface area contributed by atoms with E-state index in [1.807, 2.05) is 36.3 Å². The van der Waals surface area contributed by atoms with Gasteiger partial charge in [0.15, 0.2) is 0 Å². The number of aliphatic hydroxyl groups is 1. The predicted molar refractivity (Wildman–Crippen MR) is 80.6 cm³/mol. The molecule has 1 aromatic carbocycles. The molecule has 1 aliphatic heterocycles. The topological polar surface area (TPSA) is 35.9 Å². The molecule has 1 aliphatic rings.